The van der Waals surface area contributed by atoms with Crippen LogP contribution in [0.4, 0.5) is 17.3 Å². The lowest BCUT2D eigenvalue weighted by atomic mass is 10.1. The number of anilines is 3. The minimum atomic E-state index is -0.0187. The van der Waals surface area contributed by atoms with Gasteiger partial charge in [-0.1, -0.05) is 18.9 Å². The number of nitrogens with one attached hydrogen (secondary N) is 3. The lowest BCUT2D eigenvalue weighted by Crippen LogP contribution is -2.56. The van der Waals surface area contributed by atoms with E-state index in [9.17, 15) is 5.11 Å². The molecule has 27 heavy (non-hydrogen) atoms. The average molecular weight is 368 g/mol. The van der Waals surface area contributed by atoms with Crippen LogP contribution in [0.2, 0.25) is 0 Å². The number of pyridine rings is 2. The largest absolute Gasteiger partial charge is 0.392 e. The molecule has 1 aliphatic carbocycles. The Morgan fingerprint density at radius 3 is 2.74 bits per heavy atom. The van der Waals surface area contributed by atoms with E-state index in [1.165, 1.54) is 25.7 Å². The molecule has 4 rings (SSSR count). The molecular formula is C20H28N6O. The van der Waals surface area contributed by atoms with Gasteiger partial charge in [0.25, 0.3) is 0 Å². The summed E-state index contributed by atoms with van der Waals surface area (Å²) in [5.74, 6) is 1.68. The summed E-state index contributed by atoms with van der Waals surface area (Å²) in [4.78, 5) is 11.3. The van der Waals surface area contributed by atoms with Gasteiger partial charge in [-0.05, 0) is 25.0 Å². The summed E-state index contributed by atoms with van der Waals surface area (Å²) in [5, 5.41) is 20.4. The van der Waals surface area contributed by atoms with Gasteiger partial charge in [-0.3, -0.25) is 10.2 Å². The SMILES string of the molecule is OCc1cnc(N(c2ccccn2)C2CNCCN2)cc1NC1CCCC1. The molecule has 0 aromatic carbocycles. The zero-order chi connectivity index (χ0) is 18.5. The summed E-state index contributed by atoms with van der Waals surface area (Å²) in [7, 11) is 0. The molecule has 0 bridgehead atoms. The predicted molar refractivity (Wildman–Crippen MR) is 107 cm³/mol. The van der Waals surface area contributed by atoms with Crippen molar-refractivity contribution < 1.29 is 5.11 Å². The van der Waals surface area contributed by atoms with Gasteiger partial charge in [0.05, 0.1) is 6.61 Å². The van der Waals surface area contributed by atoms with E-state index in [2.05, 4.69) is 36.9 Å². The fourth-order valence-electron chi connectivity index (χ4n) is 3.91. The quantitative estimate of drug-likeness (QED) is 0.620. The monoisotopic (exact) mass is 368 g/mol. The highest BCUT2D eigenvalue weighted by atomic mass is 16.3. The van der Waals surface area contributed by atoms with Crippen molar-refractivity contribution in [1.82, 2.24) is 20.6 Å². The molecule has 4 N–H and O–H groups in total. The summed E-state index contributed by atoms with van der Waals surface area (Å²) >= 11 is 0. The zero-order valence-electron chi connectivity index (χ0n) is 15.6. The first-order valence-corrected chi connectivity index (χ1v) is 9.86. The second-order valence-electron chi connectivity index (χ2n) is 7.22. The minimum absolute atomic E-state index is 0.0187. The van der Waals surface area contributed by atoms with Crippen LogP contribution in [-0.2, 0) is 6.61 Å². The third-order valence-corrected chi connectivity index (χ3v) is 5.33. The second-order valence-corrected chi connectivity index (χ2v) is 7.22. The van der Waals surface area contributed by atoms with Crippen molar-refractivity contribution in [2.45, 2.75) is 44.5 Å². The van der Waals surface area contributed by atoms with Crippen LogP contribution in [0.15, 0.2) is 36.7 Å². The molecule has 1 saturated heterocycles. The van der Waals surface area contributed by atoms with Crippen LogP contribution in [0, 0.1) is 0 Å². The Kier molecular flexibility index (Phi) is 5.81. The highest BCUT2D eigenvalue weighted by molar-refractivity contribution is 5.64. The van der Waals surface area contributed by atoms with Crippen molar-refractivity contribution in [2.24, 2.45) is 0 Å². The van der Waals surface area contributed by atoms with Crippen LogP contribution in [0.3, 0.4) is 0 Å². The van der Waals surface area contributed by atoms with Crippen molar-refractivity contribution in [1.29, 1.82) is 0 Å². The van der Waals surface area contributed by atoms with Gasteiger partial charge in [0.1, 0.15) is 17.8 Å². The molecule has 1 unspecified atom stereocenters. The molecule has 1 aliphatic heterocycles. The number of nitrogens with zero attached hydrogens (tertiary/aromatic N) is 3. The Morgan fingerprint density at radius 1 is 1.15 bits per heavy atom. The van der Waals surface area contributed by atoms with Gasteiger partial charge < -0.3 is 15.7 Å². The molecule has 7 heteroatoms. The highest BCUT2D eigenvalue weighted by Crippen LogP contribution is 2.30. The number of hydrogen-bond acceptors (Lipinski definition) is 7. The van der Waals surface area contributed by atoms with Crippen LogP contribution in [0.5, 0.6) is 0 Å². The average Bonchev–Trinajstić information content (AvgIpc) is 3.23. The van der Waals surface area contributed by atoms with Crippen molar-refractivity contribution in [3.8, 4) is 0 Å². The van der Waals surface area contributed by atoms with Gasteiger partial charge in [0.2, 0.25) is 0 Å². The molecule has 1 atom stereocenters. The first kappa shape index (κ1) is 18.2. The minimum Gasteiger partial charge on any atom is -0.392 e. The highest BCUT2D eigenvalue weighted by Gasteiger charge is 2.25. The number of aliphatic hydroxyl groups is 1. The Bertz CT molecular complexity index is 729. The smallest absolute Gasteiger partial charge is 0.137 e. The molecule has 7 nitrogen and oxygen atoms in total. The van der Waals surface area contributed by atoms with Crippen molar-refractivity contribution >= 4 is 17.3 Å². The van der Waals surface area contributed by atoms with Gasteiger partial charge in [0, 0.05) is 55.4 Å². The maximum Gasteiger partial charge on any atom is 0.137 e. The number of piperazine rings is 1. The van der Waals surface area contributed by atoms with E-state index >= 15 is 0 Å². The second kappa shape index (κ2) is 8.65. The molecule has 1 saturated carbocycles. The molecule has 3 heterocycles. The van der Waals surface area contributed by atoms with Gasteiger partial charge in [0.15, 0.2) is 0 Å². The van der Waals surface area contributed by atoms with Crippen molar-refractivity contribution in [3.63, 3.8) is 0 Å². The number of aromatic nitrogens is 2. The van der Waals surface area contributed by atoms with Crippen LogP contribution >= 0.6 is 0 Å². The third-order valence-electron chi connectivity index (χ3n) is 5.33. The first-order valence-electron chi connectivity index (χ1n) is 9.86. The number of hydrogen-bond donors (Lipinski definition) is 4. The first-order chi connectivity index (χ1) is 13.3. The Hall–Kier alpha value is -2.22. The van der Waals surface area contributed by atoms with Gasteiger partial charge >= 0.3 is 0 Å². The lowest BCUT2D eigenvalue weighted by Gasteiger charge is -2.35. The van der Waals surface area contributed by atoms with E-state index in [1.54, 1.807) is 12.4 Å². The van der Waals surface area contributed by atoms with E-state index in [1.807, 2.05) is 18.2 Å². The third kappa shape index (κ3) is 4.21. The Morgan fingerprint density at radius 2 is 2.04 bits per heavy atom. The molecule has 2 aromatic rings. The van der Waals surface area contributed by atoms with E-state index in [-0.39, 0.29) is 12.8 Å². The Balaban J connectivity index is 1.68. The summed E-state index contributed by atoms with van der Waals surface area (Å²) in [6.07, 6.45) is 8.54. The van der Waals surface area contributed by atoms with Gasteiger partial charge in [-0.2, -0.15) is 0 Å². The summed E-state index contributed by atoms with van der Waals surface area (Å²) in [6.45, 7) is 2.65. The molecule has 0 amide bonds. The fraction of sp³-hybridized carbons (Fsp3) is 0.500. The molecule has 2 aliphatic rings. The summed E-state index contributed by atoms with van der Waals surface area (Å²) in [5.41, 5.74) is 1.81. The normalized spacial score (nSPS) is 20.6. The topological polar surface area (TPSA) is 85.3 Å². The van der Waals surface area contributed by atoms with Crippen LogP contribution < -0.4 is 20.9 Å². The predicted octanol–water partition coefficient (Wildman–Crippen LogP) is 1.98. The van der Waals surface area contributed by atoms with Crippen molar-refractivity contribution in [3.05, 3.63) is 42.2 Å². The van der Waals surface area contributed by atoms with Gasteiger partial charge in [-0.15, -0.1) is 0 Å². The standard InChI is InChI=1S/C20H28N6O/c27-14-15-12-24-19(11-17(15)25-16-5-1-2-6-16)26(18-7-3-4-8-22-18)20-13-21-9-10-23-20/h3-4,7-8,11-12,16,20-21,23,27H,1-2,5-6,9-10,13-14H2,(H,24,25). The molecule has 0 spiro atoms. The van der Waals surface area contributed by atoms with E-state index in [0.717, 1.165) is 42.5 Å². The fourth-order valence-corrected chi connectivity index (χ4v) is 3.91. The lowest BCUT2D eigenvalue weighted by molar-refractivity contribution is 0.282. The molecule has 0 radical (unpaired) electrons. The Labute approximate surface area is 160 Å². The molecular weight excluding hydrogens is 340 g/mol. The van der Waals surface area contributed by atoms with E-state index < -0.39 is 0 Å². The molecule has 2 aromatic heterocycles. The summed E-state index contributed by atoms with van der Waals surface area (Å²) < 4.78 is 0. The zero-order valence-corrected chi connectivity index (χ0v) is 15.6. The maximum atomic E-state index is 9.76. The maximum absolute atomic E-state index is 9.76. The van der Waals surface area contributed by atoms with E-state index in [0.29, 0.717) is 6.04 Å². The van der Waals surface area contributed by atoms with Crippen LogP contribution in [0.25, 0.3) is 0 Å². The van der Waals surface area contributed by atoms with Crippen molar-refractivity contribution in [2.75, 3.05) is 29.9 Å². The number of aliphatic hydroxyl groups excluding tert-OH is 1. The molecule has 2 fully saturated rings. The van der Waals surface area contributed by atoms with Crippen LogP contribution in [-0.4, -0.2) is 46.9 Å². The molecule has 144 valence electrons. The van der Waals surface area contributed by atoms with Gasteiger partial charge in [-0.25, -0.2) is 9.97 Å². The van der Waals surface area contributed by atoms with E-state index in [4.69, 9.17) is 0 Å². The summed E-state index contributed by atoms with van der Waals surface area (Å²) in [6, 6.07) is 8.44. The number of rotatable bonds is 6. The van der Waals surface area contributed by atoms with Crippen LogP contribution in [0.1, 0.15) is 31.2 Å².